The summed E-state index contributed by atoms with van der Waals surface area (Å²) in [6.07, 6.45) is -4.94. The lowest BCUT2D eigenvalue weighted by molar-refractivity contribution is -0.143. The fourth-order valence-electron chi connectivity index (χ4n) is 3.62. The molecule has 0 saturated heterocycles. The number of alkyl halides is 3. The van der Waals surface area contributed by atoms with Gasteiger partial charge in [0.2, 0.25) is 0 Å². The quantitative estimate of drug-likeness (QED) is 0.217. The predicted molar refractivity (Wildman–Crippen MR) is 127 cm³/mol. The van der Waals surface area contributed by atoms with Gasteiger partial charge in [0.1, 0.15) is 5.69 Å². The van der Waals surface area contributed by atoms with Gasteiger partial charge in [0, 0.05) is 38.2 Å². The first-order valence-corrected chi connectivity index (χ1v) is 10.9. The number of aromatic nitrogens is 1. The summed E-state index contributed by atoms with van der Waals surface area (Å²) in [5.74, 6) is -2.57. The Labute approximate surface area is 206 Å². The van der Waals surface area contributed by atoms with Crippen LogP contribution in [-0.2, 0) is 17.5 Å². The van der Waals surface area contributed by atoms with Gasteiger partial charge in [0.25, 0.3) is 11.7 Å². The molecule has 4 rings (SSSR count). The monoisotopic (exact) mass is 524 g/mol. The van der Waals surface area contributed by atoms with Crippen LogP contribution in [0.3, 0.4) is 0 Å². The summed E-state index contributed by atoms with van der Waals surface area (Å²) in [4.78, 5) is 25.8. The Morgan fingerprint density at radius 2 is 1.38 bits per heavy atom. The van der Waals surface area contributed by atoms with Crippen LogP contribution >= 0.6 is 34.8 Å². The highest BCUT2D eigenvalue weighted by atomic mass is 35.5. The number of rotatable bonds is 5. The molecule has 0 fully saturated rings. The molecule has 0 saturated carbocycles. The van der Waals surface area contributed by atoms with Crippen LogP contribution in [0.5, 0.6) is 0 Å². The van der Waals surface area contributed by atoms with E-state index < -0.39 is 29.1 Å². The second-order valence-electron chi connectivity index (χ2n) is 7.39. The van der Waals surface area contributed by atoms with Crippen molar-refractivity contribution in [1.29, 1.82) is 0 Å². The first kappa shape index (κ1) is 24.1. The number of ketones is 1. The third-order valence-electron chi connectivity index (χ3n) is 5.08. The maximum atomic E-state index is 14.3. The second kappa shape index (κ2) is 9.33. The number of Topliss-reactive ketones (excluding diaryl/α,β-unsaturated/α-hetero) is 1. The van der Waals surface area contributed by atoms with Crippen molar-refractivity contribution in [2.24, 2.45) is 0 Å². The van der Waals surface area contributed by atoms with Gasteiger partial charge in [-0.25, -0.2) is 0 Å². The van der Waals surface area contributed by atoms with Crippen molar-refractivity contribution < 1.29 is 22.8 Å². The van der Waals surface area contributed by atoms with Crippen LogP contribution < -0.4 is 5.32 Å². The van der Waals surface area contributed by atoms with Gasteiger partial charge in [0.05, 0.1) is 5.56 Å². The lowest BCUT2D eigenvalue weighted by Gasteiger charge is -2.15. The third kappa shape index (κ3) is 4.92. The minimum Gasteiger partial charge on any atom is -0.332 e. The van der Waals surface area contributed by atoms with Crippen LogP contribution in [0.15, 0.2) is 66.7 Å². The van der Waals surface area contributed by atoms with E-state index in [9.17, 15) is 22.8 Å². The highest BCUT2D eigenvalue weighted by molar-refractivity contribution is 6.49. The van der Waals surface area contributed by atoms with Crippen molar-refractivity contribution in [2.75, 3.05) is 5.32 Å². The number of benzene rings is 3. The summed E-state index contributed by atoms with van der Waals surface area (Å²) >= 11 is 17.7. The Kier molecular flexibility index (Phi) is 6.62. The van der Waals surface area contributed by atoms with Crippen molar-refractivity contribution in [3.63, 3.8) is 0 Å². The zero-order valence-electron chi connectivity index (χ0n) is 17.1. The molecule has 4 nitrogen and oxygen atoms in total. The van der Waals surface area contributed by atoms with Crippen LogP contribution in [0.1, 0.15) is 21.6 Å². The van der Waals surface area contributed by atoms with Gasteiger partial charge in [-0.3, -0.25) is 9.59 Å². The summed E-state index contributed by atoms with van der Waals surface area (Å²) in [6.45, 7) is -0.212. The Bertz CT molecular complexity index is 1400. The first-order valence-electron chi connectivity index (χ1n) is 9.79. The fraction of sp³-hybridized carbons (Fsp3) is 0.0833. The summed E-state index contributed by atoms with van der Waals surface area (Å²) < 4.78 is 44.0. The van der Waals surface area contributed by atoms with E-state index in [4.69, 9.17) is 34.8 Å². The van der Waals surface area contributed by atoms with Gasteiger partial charge in [-0.15, -0.1) is 0 Å². The zero-order valence-corrected chi connectivity index (χ0v) is 19.4. The summed E-state index contributed by atoms with van der Waals surface area (Å²) in [6, 6.07) is 16.1. The largest absolute Gasteiger partial charge is 0.432 e. The minimum atomic E-state index is -4.94. The number of amides is 1. The third-order valence-corrected chi connectivity index (χ3v) is 5.82. The topological polar surface area (TPSA) is 51.1 Å². The lowest BCUT2D eigenvalue weighted by atomic mass is 10.1. The van der Waals surface area contributed by atoms with Crippen LogP contribution in [0.4, 0.5) is 18.9 Å². The molecule has 3 aromatic carbocycles. The molecule has 0 aliphatic carbocycles. The molecule has 0 aliphatic rings. The molecule has 1 aromatic heterocycles. The molecule has 34 heavy (non-hydrogen) atoms. The number of carbonyl (C=O) groups excluding carboxylic acids is 2. The first-order chi connectivity index (χ1) is 16.0. The molecule has 0 bridgehead atoms. The number of anilines is 1. The molecule has 1 N–H and O–H groups in total. The maximum absolute atomic E-state index is 14.3. The van der Waals surface area contributed by atoms with Gasteiger partial charge in [0.15, 0.2) is 0 Å². The summed E-state index contributed by atoms with van der Waals surface area (Å²) in [5, 5.41) is 3.18. The van der Waals surface area contributed by atoms with Crippen molar-refractivity contribution in [2.45, 2.75) is 12.7 Å². The van der Waals surface area contributed by atoms with Crippen LogP contribution in [0.2, 0.25) is 15.1 Å². The van der Waals surface area contributed by atoms with E-state index in [1.54, 1.807) is 24.3 Å². The number of hydrogen-bond acceptors (Lipinski definition) is 2. The van der Waals surface area contributed by atoms with E-state index in [1.807, 2.05) is 0 Å². The van der Waals surface area contributed by atoms with E-state index in [-0.39, 0.29) is 28.2 Å². The van der Waals surface area contributed by atoms with Crippen LogP contribution in [0.25, 0.3) is 10.9 Å². The van der Waals surface area contributed by atoms with Gasteiger partial charge in [-0.05, 0) is 60.2 Å². The van der Waals surface area contributed by atoms with Crippen molar-refractivity contribution >= 4 is 63.1 Å². The molecule has 0 spiro atoms. The molecule has 0 unspecified atom stereocenters. The number of halogens is 6. The number of fused-ring (bicyclic) bond motifs is 1. The molecule has 10 heteroatoms. The van der Waals surface area contributed by atoms with E-state index in [0.717, 1.165) is 4.57 Å². The average Bonchev–Trinajstić information content (AvgIpc) is 3.09. The maximum Gasteiger partial charge on any atom is 0.432 e. The molecular formula is C24H14Cl3F3N2O2. The summed E-state index contributed by atoms with van der Waals surface area (Å²) in [7, 11) is 0. The smallest absolute Gasteiger partial charge is 0.332 e. The van der Waals surface area contributed by atoms with E-state index in [1.165, 1.54) is 42.5 Å². The second-order valence-corrected chi connectivity index (χ2v) is 8.69. The van der Waals surface area contributed by atoms with Gasteiger partial charge >= 0.3 is 6.18 Å². The summed E-state index contributed by atoms with van der Waals surface area (Å²) in [5.41, 5.74) is -1.18. The predicted octanol–water partition coefficient (Wildman–Crippen LogP) is 7.49. The Balaban J connectivity index is 1.86. The minimum absolute atomic E-state index is 0.0787. The van der Waals surface area contributed by atoms with Crippen molar-refractivity contribution in [3.05, 3.63) is 98.6 Å². The molecular weight excluding hydrogens is 512 g/mol. The molecule has 0 aliphatic heterocycles. The molecule has 4 aromatic rings. The van der Waals surface area contributed by atoms with Crippen LogP contribution in [0, 0.1) is 0 Å². The molecule has 1 heterocycles. The molecule has 174 valence electrons. The normalized spacial score (nSPS) is 11.6. The average molecular weight is 526 g/mol. The lowest BCUT2D eigenvalue weighted by Crippen LogP contribution is -2.26. The molecule has 0 atom stereocenters. The van der Waals surface area contributed by atoms with Crippen LogP contribution in [-0.4, -0.2) is 16.3 Å². The van der Waals surface area contributed by atoms with E-state index in [2.05, 4.69) is 5.32 Å². The fourth-order valence-corrected chi connectivity index (χ4v) is 4.05. The number of hydrogen-bond donors (Lipinski definition) is 1. The Morgan fingerprint density at radius 3 is 1.97 bits per heavy atom. The van der Waals surface area contributed by atoms with Gasteiger partial charge < -0.3 is 9.88 Å². The number of nitrogens with zero attached hydrogens (tertiary/aromatic N) is 1. The number of nitrogens with one attached hydrogen (secondary N) is 1. The number of carbonyl (C=O) groups is 2. The highest BCUT2D eigenvalue weighted by Crippen LogP contribution is 2.40. The van der Waals surface area contributed by atoms with Gasteiger partial charge in [-0.1, -0.05) is 46.9 Å². The van der Waals surface area contributed by atoms with E-state index in [0.29, 0.717) is 15.6 Å². The SMILES string of the molecule is O=C(Nc1ccc(Cl)cc1)C(=O)c1c(C(F)(F)F)n(Cc2ccc(Cl)cc2)c2ccc(Cl)cc12. The Morgan fingerprint density at radius 1 is 0.824 bits per heavy atom. The standard InChI is InChI=1S/C24H14Cl3F3N2O2/c25-14-3-1-13(2-4-14)12-32-19-10-7-16(27)11-18(19)20(22(32)24(28,29)30)21(33)23(34)31-17-8-5-15(26)6-9-17/h1-11H,12H2,(H,31,34). The van der Waals surface area contributed by atoms with Gasteiger partial charge in [-0.2, -0.15) is 13.2 Å². The highest BCUT2D eigenvalue weighted by Gasteiger charge is 2.42. The Hall–Kier alpha value is -3.00. The molecule has 0 radical (unpaired) electrons. The van der Waals surface area contributed by atoms with E-state index >= 15 is 0 Å². The molecule has 1 amide bonds. The van der Waals surface area contributed by atoms with Crippen molar-refractivity contribution in [1.82, 2.24) is 4.57 Å². The van der Waals surface area contributed by atoms with Crippen molar-refractivity contribution in [3.8, 4) is 0 Å². The zero-order chi connectivity index (χ0) is 24.6.